The average molecular weight is 630 g/mol. The van der Waals surface area contributed by atoms with Crippen LogP contribution >= 0.6 is 22.6 Å². The standard InChI is InChI=1S/C27H31IN6O4/c1-16-23(38-27(2,3)35)20(13-36-19-9-8-17-7-6-11-29-22(17)21(19)28)37-26(16)34-12-10-18-24(32-15-33(4)5)30-14-31-25(18)34/h6-12,14-16,20,23,26,35H,13H2,1-5H3/b32-15+/t16-,20-,23+,26-/m1/s1. The molecule has 0 amide bonds. The Balaban J connectivity index is 1.43. The molecule has 0 bridgehead atoms. The molecule has 1 N–H and O–H groups in total. The van der Waals surface area contributed by atoms with Gasteiger partial charge in [0.2, 0.25) is 0 Å². The van der Waals surface area contributed by atoms with Gasteiger partial charge in [0.25, 0.3) is 0 Å². The third-order valence-electron chi connectivity index (χ3n) is 6.33. The summed E-state index contributed by atoms with van der Waals surface area (Å²) in [5.74, 6) is -0.157. The minimum atomic E-state index is -1.34. The number of fused-ring (bicyclic) bond motifs is 2. The van der Waals surface area contributed by atoms with Crippen LogP contribution in [0.3, 0.4) is 0 Å². The topological polar surface area (TPSA) is 107 Å². The number of rotatable bonds is 8. The summed E-state index contributed by atoms with van der Waals surface area (Å²) >= 11 is 2.26. The molecule has 0 aliphatic carbocycles. The number of aromatic nitrogens is 4. The van der Waals surface area contributed by atoms with Crippen LogP contribution in [0.1, 0.15) is 27.0 Å². The van der Waals surface area contributed by atoms with Crippen molar-refractivity contribution in [3.63, 3.8) is 0 Å². The van der Waals surface area contributed by atoms with Gasteiger partial charge in [0.05, 0.1) is 26.9 Å². The molecular formula is C27H31IN6O4. The van der Waals surface area contributed by atoms with E-state index in [1.807, 2.05) is 67.0 Å². The largest absolute Gasteiger partial charge is 0.490 e. The second-order valence-corrected chi connectivity index (χ2v) is 11.2. The summed E-state index contributed by atoms with van der Waals surface area (Å²) in [6.45, 7) is 5.53. The van der Waals surface area contributed by atoms with Crippen LogP contribution in [-0.2, 0) is 9.47 Å². The molecule has 4 aromatic rings. The van der Waals surface area contributed by atoms with Gasteiger partial charge >= 0.3 is 0 Å². The Labute approximate surface area is 234 Å². The second kappa shape index (κ2) is 10.7. The van der Waals surface area contributed by atoms with Crippen molar-refractivity contribution in [3.05, 3.63) is 52.6 Å². The van der Waals surface area contributed by atoms with Gasteiger partial charge in [-0.15, -0.1) is 0 Å². The van der Waals surface area contributed by atoms with Crippen molar-refractivity contribution in [3.8, 4) is 5.75 Å². The summed E-state index contributed by atoms with van der Waals surface area (Å²) in [6.07, 6.45) is 5.64. The molecule has 1 aliphatic heterocycles. The summed E-state index contributed by atoms with van der Waals surface area (Å²) in [6, 6.07) is 9.82. The fourth-order valence-corrected chi connectivity index (χ4v) is 5.45. The van der Waals surface area contributed by atoms with Crippen LogP contribution in [0, 0.1) is 9.49 Å². The number of nitrogens with zero attached hydrogens (tertiary/aromatic N) is 6. The Kier molecular flexibility index (Phi) is 7.54. The minimum Gasteiger partial charge on any atom is -0.490 e. The van der Waals surface area contributed by atoms with Crippen LogP contribution in [0.25, 0.3) is 21.9 Å². The molecule has 0 unspecified atom stereocenters. The third-order valence-corrected chi connectivity index (χ3v) is 7.37. The van der Waals surface area contributed by atoms with E-state index in [-0.39, 0.29) is 12.5 Å². The predicted octanol–water partition coefficient (Wildman–Crippen LogP) is 4.53. The molecule has 10 nitrogen and oxygen atoms in total. The molecule has 1 aromatic carbocycles. The van der Waals surface area contributed by atoms with Crippen molar-refractivity contribution < 1.29 is 19.3 Å². The monoisotopic (exact) mass is 630 g/mol. The molecule has 1 aliphatic rings. The first kappa shape index (κ1) is 26.7. The van der Waals surface area contributed by atoms with E-state index in [9.17, 15) is 5.11 Å². The average Bonchev–Trinajstić information content (AvgIpc) is 3.43. The number of aliphatic hydroxyl groups is 1. The highest BCUT2D eigenvalue weighted by atomic mass is 127. The maximum absolute atomic E-state index is 10.5. The van der Waals surface area contributed by atoms with Gasteiger partial charge in [0.15, 0.2) is 11.6 Å². The van der Waals surface area contributed by atoms with Crippen molar-refractivity contribution in [2.45, 2.75) is 45.0 Å². The minimum absolute atomic E-state index is 0.119. The predicted molar refractivity (Wildman–Crippen MR) is 154 cm³/mol. The lowest BCUT2D eigenvalue weighted by Gasteiger charge is -2.29. The number of benzene rings is 1. The van der Waals surface area contributed by atoms with E-state index in [4.69, 9.17) is 14.2 Å². The second-order valence-electron chi connectivity index (χ2n) is 10.1. The number of hydrogen-bond acceptors (Lipinski definition) is 8. The van der Waals surface area contributed by atoms with Gasteiger partial charge in [-0.05, 0) is 60.7 Å². The van der Waals surface area contributed by atoms with Crippen LogP contribution in [0.5, 0.6) is 5.75 Å². The molecule has 38 heavy (non-hydrogen) atoms. The van der Waals surface area contributed by atoms with Crippen LogP contribution in [0.2, 0.25) is 0 Å². The zero-order valence-corrected chi connectivity index (χ0v) is 24.1. The number of aliphatic imine (C=N–C) groups is 1. The number of pyridine rings is 1. The molecule has 0 spiro atoms. The SMILES string of the molecule is C[C@@H]1[C@H](OC(C)(C)O)[C@@H](COc2ccc3cccnc3c2I)O[C@H]1n1ccc2c(/N=C/N(C)C)ncnc21. The van der Waals surface area contributed by atoms with E-state index in [0.29, 0.717) is 11.5 Å². The van der Waals surface area contributed by atoms with E-state index < -0.39 is 24.2 Å². The normalized spacial score (nSPS) is 22.1. The zero-order chi connectivity index (χ0) is 27.0. The molecule has 1 fully saturated rings. The Morgan fingerprint density at radius 2 is 2.03 bits per heavy atom. The van der Waals surface area contributed by atoms with Crippen molar-refractivity contribution >= 4 is 56.7 Å². The molecule has 0 saturated carbocycles. The molecule has 5 rings (SSSR count). The van der Waals surface area contributed by atoms with E-state index >= 15 is 0 Å². The van der Waals surface area contributed by atoms with Gasteiger partial charge in [0.1, 0.15) is 36.7 Å². The molecule has 1 saturated heterocycles. The fraction of sp³-hybridized carbons (Fsp3) is 0.407. The maximum atomic E-state index is 10.5. The number of ether oxygens (including phenoxy) is 3. The lowest BCUT2D eigenvalue weighted by molar-refractivity contribution is -0.222. The molecular weight excluding hydrogens is 599 g/mol. The lowest BCUT2D eigenvalue weighted by Crippen LogP contribution is -2.40. The van der Waals surface area contributed by atoms with Crippen molar-refractivity contribution in [2.24, 2.45) is 10.9 Å². The Morgan fingerprint density at radius 1 is 1.21 bits per heavy atom. The molecule has 11 heteroatoms. The summed E-state index contributed by atoms with van der Waals surface area (Å²) in [5.41, 5.74) is 1.60. The van der Waals surface area contributed by atoms with Crippen LogP contribution in [0.15, 0.2) is 54.0 Å². The van der Waals surface area contributed by atoms with Crippen molar-refractivity contribution in [2.75, 3.05) is 20.7 Å². The molecule has 200 valence electrons. The fourth-order valence-electron chi connectivity index (χ4n) is 4.66. The molecule has 4 atom stereocenters. The van der Waals surface area contributed by atoms with Gasteiger partial charge in [-0.25, -0.2) is 15.0 Å². The first-order chi connectivity index (χ1) is 18.1. The summed E-state index contributed by atoms with van der Waals surface area (Å²) in [5, 5.41) is 12.4. The van der Waals surface area contributed by atoms with Gasteiger partial charge in [-0.1, -0.05) is 13.0 Å². The van der Waals surface area contributed by atoms with Gasteiger partial charge < -0.3 is 28.8 Å². The van der Waals surface area contributed by atoms with Crippen LogP contribution in [-0.4, -0.2) is 74.6 Å². The van der Waals surface area contributed by atoms with E-state index in [1.54, 1.807) is 26.4 Å². The first-order valence-electron chi connectivity index (χ1n) is 12.4. The van der Waals surface area contributed by atoms with Crippen LogP contribution in [0.4, 0.5) is 5.82 Å². The smallest absolute Gasteiger partial charge is 0.166 e. The van der Waals surface area contributed by atoms with Crippen molar-refractivity contribution in [1.82, 2.24) is 24.4 Å². The number of halogens is 1. The van der Waals surface area contributed by atoms with E-state index in [2.05, 4.69) is 42.5 Å². The molecule has 4 heterocycles. The quantitative estimate of drug-likeness (QED) is 0.131. The highest BCUT2D eigenvalue weighted by Gasteiger charge is 2.46. The maximum Gasteiger partial charge on any atom is 0.166 e. The van der Waals surface area contributed by atoms with E-state index in [0.717, 1.165) is 25.6 Å². The van der Waals surface area contributed by atoms with Gasteiger partial charge in [-0.2, -0.15) is 0 Å². The summed E-state index contributed by atoms with van der Waals surface area (Å²) in [4.78, 5) is 19.7. The third kappa shape index (κ3) is 5.46. The Bertz CT molecular complexity index is 1470. The number of hydrogen-bond donors (Lipinski definition) is 1. The molecule has 3 aromatic heterocycles. The Morgan fingerprint density at radius 3 is 2.79 bits per heavy atom. The first-order valence-corrected chi connectivity index (χ1v) is 13.4. The summed E-state index contributed by atoms with van der Waals surface area (Å²) in [7, 11) is 3.81. The van der Waals surface area contributed by atoms with E-state index in [1.165, 1.54) is 6.33 Å². The highest BCUT2D eigenvalue weighted by Crippen LogP contribution is 2.40. The van der Waals surface area contributed by atoms with Crippen molar-refractivity contribution in [1.29, 1.82) is 0 Å². The van der Waals surface area contributed by atoms with Gasteiger partial charge in [-0.3, -0.25) is 4.98 Å². The Hall–Kier alpha value is -2.87. The highest BCUT2D eigenvalue weighted by molar-refractivity contribution is 14.1. The lowest BCUT2D eigenvalue weighted by atomic mass is 10.0. The molecule has 0 radical (unpaired) electrons. The van der Waals surface area contributed by atoms with Crippen LogP contribution < -0.4 is 4.74 Å². The zero-order valence-electron chi connectivity index (χ0n) is 21.9. The van der Waals surface area contributed by atoms with Gasteiger partial charge in [0, 0.05) is 37.8 Å². The summed E-state index contributed by atoms with van der Waals surface area (Å²) < 4.78 is 21.8.